The number of hydrogen-bond acceptors (Lipinski definition) is 3. The number of carbonyl (C=O) groups excluding carboxylic acids is 2. The van der Waals surface area contributed by atoms with Gasteiger partial charge in [-0.15, -0.1) is 0 Å². The summed E-state index contributed by atoms with van der Waals surface area (Å²) in [7, 11) is 3.19. The fourth-order valence-corrected chi connectivity index (χ4v) is 0.936. The molecule has 1 fully saturated rings. The highest BCUT2D eigenvalue weighted by Crippen LogP contribution is 2.15. The molecule has 0 aromatic heterocycles. The van der Waals surface area contributed by atoms with Crippen LogP contribution in [0.15, 0.2) is 0 Å². The first-order chi connectivity index (χ1) is 6.56. The van der Waals surface area contributed by atoms with Gasteiger partial charge in [0, 0.05) is 14.1 Å². The van der Waals surface area contributed by atoms with E-state index in [0.29, 0.717) is 6.54 Å². The van der Waals surface area contributed by atoms with Crippen LogP contribution in [-0.2, 0) is 4.79 Å². The lowest BCUT2D eigenvalue weighted by Gasteiger charge is -2.11. The summed E-state index contributed by atoms with van der Waals surface area (Å²) in [6.07, 6.45) is 0. The zero-order valence-electron chi connectivity index (χ0n) is 8.15. The van der Waals surface area contributed by atoms with Gasteiger partial charge in [0.1, 0.15) is 6.04 Å². The molecule has 0 spiro atoms. The number of rotatable bonds is 2. The molecule has 6 heteroatoms. The maximum absolute atomic E-state index is 11.2. The predicted molar refractivity (Wildman–Crippen MR) is 48.2 cm³/mol. The van der Waals surface area contributed by atoms with Gasteiger partial charge in [0.2, 0.25) is 5.91 Å². The number of carbonyl (C=O) groups is 2. The summed E-state index contributed by atoms with van der Waals surface area (Å²) in [5.41, 5.74) is 0. The molecule has 3 amide bonds. The molecule has 0 bridgehead atoms. The summed E-state index contributed by atoms with van der Waals surface area (Å²) < 4.78 is 0. The van der Waals surface area contributed by atoms with Crippen molar-refractivity contribution in [1.82, 2.24) is 15.1 Å². The van der Waals surface area contributed by atoms with Gasteiger partial charge in [0.15, 0.2) is 0 Å². The molecule has 1 rings (SSSR count). The standard InChI is InChI=1S/C8H12N4O2/c1-11(2)8(14)10-4-7(13)12-5-6(12)3-9/h6H,4-5H2,1-2H3,(H,10,14). The Bertz CT molecular complexity index is 294. The molecule has 0 saturated carbocycles. The van der Waals surface area contributed by atoms with Crippen molar-refractivity contribution in [3.05, 3.63) is 0 Å². The first-order valence-electron chi connectivity index (χ1n) is 4.20. The number of nitrogens with one attached hydrogen (secondary N) is 1. The van der Waals surface area contributed by atoms with E-state index in [0.717, 1.165) is 0 Å². The Kier molecular flexibility index (Phi) is 2.92. The molecule has 1 atom stereocenters. The first-order valence-corrected chi connectivity index (χ1v) is 4.20. The molecular weight excluding hydrogens is 184 g/mol. The van der Waals surface area contributed by atoms with Crippen LogP contribution in [0.4, 0.5) is 4.79 Å². The molecule has 0 radical (unpaired) electrons. The van der Waals surface area contributed by atoms with Crippen LogP contribution in [-0.4, -0.2) is 55.0 Å². The Hall–Kier alpha value is -1.77. The molecule has 14 heavy (non-hydrogen) atoms. The van der Waals surface area contributed by atoms with E-state index in [-0.39, 0.29) is 24.5 Å². The van der Waals surface area contributed by atoms with Gasteiger partial charge in [-0.05, 0) is 0 Å². The molecule has 1 aliphatic heterocycles. The second kappa shape index (κ2) is 3.96. The number of nitrogens with zero attached hydrogens (tertiary/aromatic N) is 3. The van der Waals surface area contributed by atoms with Crippen molar-refractivity contribution in [2.45, 2.75) is 6.04 Å². The van der Waals surface area contributed by atoms with Gasteiger partial charge in [0.25, 0.3) is 0 Å². The van der Waals surface area contributed by atoms with Crippen molar-refractivity contribution in [3.8, 4) is 6.07 Å². The summed E-state index contributed by atoms with van der Waals surface area (Å²) in [5.74, 6) is -0.216. The summed E-state index contributed by atoms with van der Waals surface area (Å²) in [6, 6.07) is 1.36. The van der Waals surface area contributed by atoms with Crippen LogP contribution >= 0.6 is 0 Å². The van der Waals surface area contributed by atoms with Crippen molar-refractivity contribution in [3.63, 3.8) is 0 Å². The van der Waals surface area contributed by atoms with Crippen molar-refractivity contribution in [2.75, 3.05) is 27.2 Å². The van der Waals surface area contributed by atoms with Gasteiger partial charge in [-0.3, -0.25) is 4.79 Å². The third-order valence-corrected chi connectivity index (χ3v) is 1.88. The lowest BCUT2D eigenvalue weighted by atomic mass is 10.5. The minimum Gasteiger partial charge on any atom is -0.331 e. The highest BCUT2D eigenvalue weighted by molar-refractivity contribution is 5.85. The molecule has 1 N–H and O–H groups in total. The first kappa shape index (κ1) is 10.3. The van der Waals surface area contributed by atoms with E-state index in [1.807, 2.05) is 6.07 Å². The fourth-order valence-electron chi connectivity index (χ4n) is 0.936. The summed E-state index contributed by atoms with van der Waals surface area (Å²) >= 11 is 0. The van der Waals surface area contributed by atoms with Gasteiger partial charge in [-0.25, -0.2) is 4.79 Å². The third-order valence-electron chi connectivity index (χ3n) is 1.88. The van der Waals surface area contributed by atoms with E-state index in [4.69, 9.17) is 5.26 Å². The monoisotopic (exact) mass is 196 g/mol. The van der Waals surface area contributed by atoms with Crippen molar-refractivity contribution in [2.24, 2.45) is 0 Å². The maximum Gasteiger partial charge on any atom is 0.317 e. The van der Waals surface area contributed by atoms with Crippen molar-refractivity contribution >= 4 is 11.9 Å². The highest BCUT2D eigenvalue weighted by Gasteiger charge is 2.38. The molecule has 0 aliphatic carbocycles. The molecule has 1 saturated heterocycles. The van der Waals surface area contributed by atoms with Gasteiger partial charge in [-0.1, -0.05) is 0 Å². The van der Waals surface area contributed by atoms with Crippen LogP contribution < -0.4 is 5.32 Å². The molecule has 1 unspecified atom stereocenters. The Labute approximate surface area is 82.1 Å². The summed E-state index contributed by atoms with van der Waals surface area (Å²) in [6.45, 7) is 0.433. The Morgan fingerprint density at radius 1 is 1.64 bits per heavy atom. The van der Waals surface area contributed by atoms with Gasteiger partial charge in [-0.2, -0.15) is 5.26 Å². The minimum absolute atomic E-state index is 0.0464. The fraction of sp³-hybridized carbons (Fsp3) is 0.625. The van der Waals surface area contributed by atoms with E-state index in [2.05, 4.69) is 5.32 Å². The Morgan fingerprint density at radius 3 is 2.71 bits per heavy atom. The van der Waals surface area contributed by atoms with Crippen LogP contribution in [0.25, 0.3) is 0 Å². The van der Waals surface area contributed by atoms with E-state index in [1.54, 1.807) is 14.1 Å². The van der Waals surface area contributed by atoms with E-state index < -0.39 is 0 Å². The van der Waals surface area contributed by atoms with Crippen LogP contribution in [0.2, 0.25) is 0 Å². The molecule has 76 valence electrons. The van der Waals surface area contributed by atoms with Gasteiger partial charge < -0.3 is 15.1 Å². The number of amides is 3. The lowest BCUT2D eigenvalue weighted by Crippen LogP contribution is -2.39. The molecule has 0 aromatic carbocycles. The second-order valence-electron chi connectivity index (χ2n) is 3.24. The molecular formula is C8H12N4O2. The van der Waals surface area contributed by atoms with Crippen LogP contribution in [0, 0.1) is 11.3 Å². The highest BCUT2D eigenvalue weighted by atomic mass is 16.2. The zero-order valence-corrected chi connectivity index (χ0v) is 8.15. The average Bonchev–Trinajstić information content (AvgIpc) is 2.92. The van der Waals surface area contributed by atoms with Crippen molar-refractivity contribution in [1.29, 1.82) is 5.26 Å². The Balaban J connectivity index is 2.24. The molecule has 6 nitrogen and oxygen atoms in total. The zero-order chi connectivity index (χ0) is 10.7. The Morgan fingerprint density at radius 2 is 2.29 bits per heavy atom. The van der Waals surface area contributed by atoms with Crippen LogP contribution in [0.5, 0.6) is 0 Å². The van der Waals surface area contributed by atoms with Crippen LogP contribution in [0.1, 0.15) is 0 Å². The lowest BCUT2D eigenvalue weighted by molar-refractivity contribution is -0.124. The second-order valence-corrected chi connectivity index (χ2v) is 3.24. The maximum atomic E-state index is 11.2. The third kappa shape index (κ3) is 2.36. The van der Waals surface area contributed by atoms with Crippen molar-refractivity contribution < 1.29 is 9.59 Å². The normalized spacial score (nSPS) is 18.4. The van der Waals surface area contributed by atoms with E-state index in [1.165, 1.54) is 9.80 Å². The average molecular weight is 196 g/mol. The predicted octanol–water partition coefficient (Wildman–Crippen LogP) is -1.01. The largest absolute Gasteiger partial charge is 0.331 e. The summed E-state index contributed by atoms with van der Waals surface area (Å²) in [5, 5.41) is 10.9. The number of urea groups is 1. The summed E-state index contributed by atoms with van der Waals surface area (Å²) in [4.78, 5) is 25.0. The smallest absolute Gasteiger partial charge is 0.317 e. The molecule has 0 aromatic rings. The van der Waals surface area contributed by atoms with Gasteiger partial charge in [0.05, 0.1) is 19.2 Å². The number of nitriles is 1. The van der Waals surface area contributed by atoms with E-state index in [9.17, 15) is 9.59 Å². The molecule has 1 heterocycles. The van der Waals surface area contributed by atoms with E-state index >= 15 is 0 Å². The number of hydrogen-bond donors (Lipinski definition) is 1. The quantitative estimate of drug-likeness (QED) is 0.575. The van der Waals surface area contributed by atoms with Crippen LogP contribution in [0.3, 0.4) is 0 Å². The SMILES string of the molecule is CN(C)C(=O)NCC(=O)N1CC1C#N. The molecule has 1 aliphatic rings. The minimum atomic E-state index is -0.311. The van der Waals surface area contributed by atoms with Gasteiger partial charge >= 0.3 is 6.03 Å². The topological polar surface area (TPSA) is 76.2 Å².